The zero-order chi connectivity index (χ0) is 27.0. The molecule has 4 rings (SSSR count). The van der Waals surface area contributed by atoms with E-state index in [1.165, 1.54) is 5.56 Å². The van der Waals surface area contributed by atoms with Crippen molar-refractivity contribution < 1.29 is 19.0 Å². The maximum Gasteiger partial charge on any atom is 0.410 e. The summed E-state index contributed by atoms with van der Waals surface area (Å²) in [7, 11) is 3.56. The SMILES string of the molecule is C.CO[C@H]1C[C@H](c2ccccc2)N(C(=O)OC(C)(C)C)C[C@H]1C.CO[C@H]1C[C@H](c2ccccc2)NC[C@H]1C.Cl. The van der Waals surface area contributed by atoms with E-state index in [1.54, 1.807) is 7.11 Å². The summed E-state index contributed by atoms with van der Waals surface area (Å²) in [5.74, 6) is 0.896. The Morgan fingerprint density at radius 1 is 0.846 bits per heavy atom. The van der Waals surface area contributed by atoms with Gasteiger partial charge in [-0.25, -0.2) is 4.79 Å². The summed E-state index contributed by atoms with van der Waals surface area (Å²) in [4.78, 5) is 14.4. The Kier molecular flexibility index (Phi) is 14.5. The lowest BCUT2D eigenvalue weighted by atomic mass is 9.87. The number of nitrogens with one attached hydrogen (secondary N) is 1. The smallest absolute Gasteiger partial charge is 0.410 e. The molecule has 6 atom stereocenters. The lowest BCUT2D eigenvalue weighted by molar-refractivity contribution is -0.0416. The molecule has 7 heteroatoms. The van der Waals surface area contributed by atoms with E-state index in [9.17, 15) is 4.79 Å². The van der Waals surface area contributed by atoms with Crippen molar-refractivity contribution >= 4 is 18.5 Å². The van der Waals surface area contributed by atoms with Gasteiger partial charge in [0.25, 0.3) is 0 Å². The lowest BCUT2D eigenvalue weighted by Gasteiger charge is -2.42. The summed E-state index contributed by atoms with van der Waals surface area (Å²) in [5.41, 5.74) is 2.01. The highest BCUT2D eigenvalue weighted by Gasteiger charge is 2.38. The van der Waals surface area contributed by atoms with Crippen LogP contribution in [0.15, 0.2) is 60.7 Å². The Morgan fingerprint density at radius 3 is 1.87 bits per heavy atom. The molecular formula is C32H51ClN2O4. The van der Waals surface area contributed by atoms with Crippen LogP contribution in [0.5, 0.6) is 0 Å². The predicted molar refractivity (Wildman–Crippen MR) is 162 cm³/mol. The lowest BCUT2D eigenvalue weighted by Crippen LogP contribution is -2.49. The molecule has 2 aromatic rings. The number of carbonyl (C=O) groups excluding carboxylic acids is 1. The standard InChI is InChI=1S/C18H27NO3.C13H19NO.CH4.ClH/c1-13-12-19(17(20)22-18(2,3)4)15(11-16(13)21-5)14-9-7-6-8-10-14;1-10-9-14-12(8-13(10)15-2)11-6-4-3-5-7-11;;/h6-10,13,15-16H,11-12H2,1-5H3;3-7,10,12-14H,8-9H2,1-2H3;1H4;1H/t13-,15-,16+;10-,12-,13+;;/m11../s1. The average Bonchev–Trinajstić information content (AvgIpc) is 2.89. The molecule has 0 aliphatic carbocycles. The molecule has 220 valence electrons. The van der Waals surface area contributed by atoms with Gasteiger partial charge in [0.05, 0.1) is 18.2 Å². The van der Waals surface area contributed by atoms with Crippen molar-refractivity contribution in [3.63, 3.8) is 0 Å². The first-order valence-electron chi connectivity index (χ1n) is 13.5. The van der Waals surface area contributed by atoms with Gasteiger partial charge in [-0.2, -0.15) is 0 Å². The van der Waals surface area contributed by atoms with Crippen LogP contribution in [0.2, 0.25) is 0 Å². The van der Waals surface area contributed by atoms with Gasteiger partial charge in [-0.1, -0.05) is 81.9 Å². The van der Waals surface area contributed by atoms with Gasteiger partial charge in [0.1, 0.15) is 5.60 Å². The number of halogens is 1. The normalized spacial score (nSPS) is 26.7. The summed E-state index contributed by atoms with van der Waals surface area (Å²) in [6.07, 6.45) is 2.16. The summed E-state index contributed by atoms with van der Waals surface area (Å²) in [6, 6.07) is 21.2. The van der Waals surface area contributed by atoms with Crippen molar-refractivity contribution in [3.05, 3.63) is 71.8 Å². The molecule has 2 aliphatic heterocycles. The van der Waals surface area contributed by atoms with Crippen molar-refractivity contribution in [2.24, 2.45) is 11.8 Å². The fourth-order valence-electron chi connectivity index (χ4n) is 5.25. The summed E-state index contributed by atoms with van der Waals surface area (Å²) in [6.45, 7) is 11.7. The van der Waals surface area contributed by atoms with E-state index in [0.717, 1.165) is 24.9 Å². The van der Waals surface area contributed by atoms with Crippen LogP contribution in [0.4, 0.5) is 4.79 Å². The van der Waals surface area contributed by atoms with Gasteiger partial charge < -0.3 is 24.4 Å². The molecular weight excluding hydrogens is 512 g/mol. The Hall–Kier alpha value is -2.12. The number of hydrogen-bond donors (Lipinski definition) is 1. The molecule has 0 aromatic heterocycles. The van der Waals surface area contributed by atoms with Gasteiger partial charge in [0.15, 0.2) is 0 Å². The number of carbonyl (C=O) groups is 1. The van der Waals surface area contributed by atoms with Crippen LogP contribution in [0.25, 0.3) is 0 Å². The molecule has 1 N–H and O–H groups in total. The average molecular weight is 563 g/mol. The number of benzene rings is 2. The molecule has 0 spiro atoms. The minimum Gasteiger partial charge on any atom is -0.444 e. The van der Waals surface area contributed by atoms with Crippen LogP contribution in [0.1, 0.15) is 78.1 Å². The van der Waals surface area contributed by atoms with Gasteiger partial charge in [0, 0.05) is 39.3 Å². The van der Waals surface area contributed by atoms with Crippen molar-refractivity contribution in [2.75, 3.05) is 27.3 Å². The highest BCUT2D eigenvalue weighted by Crippen LogP contribution is 2.35. The van der Waals surface area contributed by atoms with E-state index in [0.29, 0.717) is 24.6 Å². The number of methoxy groups -OCH3 is 2. The predicted octanol–water partition coefficient (Wildman–Crippen LogP) is 7.45. The summed E-state index contributed by atoms with van der Waals surface area (Å²) >= 11 is 0. The molecule has 2 heterocycles. The third-order valence-corrected chi connectivity index (χ3v) is 7.36. The molecule has 1 amide bonds. The molecule has 0 bridgehead atoms. The van der Waals surface area contributed by atoms with Gasteiger partial charge in [-0.3, -0.25) is 0 Å². The van der Waals surface area contributed by atoms with E-state index in [2.05, 4.69) is 61.6 Å². The Balaban J connectivity index is 0.000000394. The van der Waals surface area contributed by atoms with Gasteiger partial charge in [-0.05, 0) is 50.7 Å². The van der Waals surface area contributed by atoms with E-state index < -0.39 is 5.60 Å². The number of ether oxygens (including phenoxy) is 3. The second-order valence-corrected chi connectivity index (χ2v) is 11.4. The fourth-order valence-corrected chi connectivity index (χ4v) is 5.25. The largest absolute Gasteiger partial charge is 0.444 e. The van der Waals surface area contributed by atoms with Crippen molar-refractivity contribution in [1.82, 2.24) is 10.2 Å². The van der Waals surface area contributed by atoms with E-state index >= 15 is 0 Å². The van der Waals surface area contributed by atoms with Crippen molar-refractivity contribution in [3.8, 4) is 0 Å². The minimum atomic E-state index is -0.486. The number of amides is 1. The molecule has 0 radical (unpaired) electrons. The van der Waals surface area contributed by atoms with Crippen LogP contribution in [0.3, 0.4) is 0 Å². The van der Waals surface area contributed by atoms with Crippen LogP contribution >= 0.6 is 12.4 Å². The van der Waals surface area contributed by atoms with Crippen LogP contribution in [0, 0.1) is 11.8 Å². The Bertz CT molecular complexity index is 954. The van der Waals surface area contributed by atoms with Crippen molar-refractivity contribution in [1.29, 1.82) is 0 Å². The van der Waals surface area contributed by atoms with Crippen LogP contribution in [-0.2, 0) is 14.2 Å². The molecule has 2 saturated heterocycles. The first kappa shape index (κ1) is 34.9. The molecule has 39 heavy (non-hydrogen) atoms. The molecule has 0 unspecified atom stereocenters. The molecule has 2 aromatic carbocycles. The van der Waals surface area contributed by atoms with Crippen LogP contribution < -0.4 is 5.32 Å². The number of likely N-dealkylation sites (tertiary alicyclic amines) is 1. The Labute approximate surface area is 243 Å². The van der Waals surface area contributed by atoms with Gasteiger partial charge >= 0.3 is 6.09 Å². The number of hydrogen-bond acceptors (Lipinski definition) is 5. The first-order valence-corrected chi connectivity index (χ1v) is 13.5. The van der Waals surface area contributed by atoms with E-state index in [1.807, 2.05) is 51.0 Å². The van der Waals surface area contributed by atoms with E-state index in [4.69, 9.17) is 14.2 Å². The summed E-state index contributed by atoms with van der Waals surface area (Å²) < 4.78 is 16.7. The zero-order valence-electron chi connectivity index (χ0n) is 24.1. The topological polar surface area (TPSA) is 60.0 Å². The molecule has 2 fully saturated rings. The second kappa shape index (κ2) is 16.2. The minimum absolute atomic E-state index is 0. The van der Waals surface area contributed by atoms with Crippen LogP contribution in [-0.4, -0.2) is 56.1 Å². The summed E-state index contributed by atoms with van der Waals surface area (Å²) in [5, 5.41) is 3.57. The molecule has 6 nitrogen and oxygen atoms in total. The number of piperidine rings is 2. The molecule has 0 saturated carbocycles. The maximum absolute atomic E-state index is 12.6. The monoisotopic (exact) mass is 562 g/mol. The Morgan fingerprint density at radius 2 is 1.36 bits per heavy atom. The number of rotatable bonds is 4. The highest BCUT2D eigenvalue weighted by molar-refractivity contribution is 5.85. The van der Waals surface area contributed by atoms with Gasteiger partial charge in [0.2, 0.25) is 0 Å². The highest BCUT2D eigenvalue weighted by atomic mass is 35.5. The maximum atomic E-state index is 12.6. The van der Waals surface area contributed by atoms with Crippen molar-refractivity contribution in [2.45, 2.75) is 84.8 Å². The second-order valence-electron chi connectivity index (χ2n) is 11.4. The third kappa shape index (κ3) is 10.1. The zero-order valence-corrected chi connectivity index (χ0v) is 24.9. The first-order chi connectivity index (χ1) is 17.6. The third-order valence-electron chi connectivity index (χ3n) is 7.36. The van der Waals surface area contributed by atoms with Gasteiger partial charge in [-0.15, -0.1) is 12.4 Å². The molecule has 2 aliphatic rings. The van der Waals surface area contributed by atoms with E-state index in [-0.39, 0.29) is 44.0 Å². The fraction of sp³-hybridized carbons (Fsp3) is 0.594. The number of nitrogens with zero attached hydrogens (tertiary/aromatic N) is 1. The quantitative estimate of drug-likeness (QED) is 0.419.